The minimum Gasteiger partial charge on any atom is -0.393 e. The molecule has 2 N–H and O–H groups in total. The van der Waals surface area contributed by atoms with Crippen LogP contribution in [-0.4, -0.2) is 41.0 Å². The third-order valence-electron chi connectivity index (χ3n) is 5.50. The first kappa shape index (κ1) is 20.0. The quantitative estimate of drug-likeness (QED) is 0.735. The van der Waals surface area contributed by atoms with Crippen molar-refractivity contribution < 1.29 is 9.90 Å². The Morgan fingerprint density at radius 1 is 1.24 bits per heavy atom. The number of hydrogen-bond acceptors (Lipinski definition) is 4. The highest BCUT2D eigenvalue weighted by Crippen LogP contribution is 2.31. The second kappa shape index (κ2) is 8.22. The highest BCUT2D eigenvalue weighted by molar-refractivity contribution is 7.80. The van der Waals surface area contributed by atoms with E-state index in [0.29, 0.717) is 22.1 Å². The standard InChI is InChI=1S/C22H22ClN3O2S/c1-26-18-10-8-15(23)12-17(18)19(13-5-3-2-4-6-13)24-20(22(26)28)25-21(29)14-7-9-16(27)11-14/h2-6,8,10,12,14,16,20,27H,7,9,11H2,1H3,(H,25,29). The second-order valence-corrected chi connectivity index (χ2v) is 8.35. The molecule has 1 aliphatic heterocycles. The van der Waals surface area contributed by atoms with Crippen LogP contribution >= 0.6 is 23.8 Å². The zero-order valence-corrected chi connectivity index (χ0v) is 17.6. The molecule has 3 unspecified atom stereocenters. The first-order valence-corrected chi connectivity index (χ1v) is 10.4. The van der Waals surface area contributed by atoms with Gasteiger partial charge in [-0.05, 0) is 37.5 Å². The van der Waals surface area contributed by atoms with Crippen LogP contribution < -0.4 is 10.2 Å². The average molecular weight is 428 g/mol. The van der Waals surface area contributed by atoms with E-state index in [4.69, 9.17) is 28.8 Å². The van der Waals surface area contributed by atoms with Gasteiger partial charge in [-0.3, -0.25) is 4.79 Å². The van der Waals surface area contributed by atoms with Crippen molar-refractivity contribution in [2.75, 3.05) is 11.9 Å². The first-order valence-electron chi connectivity index (χ1n) is 9.63. The van der Waals surface area contributed by atoms with Gasteiger partial charge in [-0.25, -0.2) is 4.99 Å². The normalized spacial score (nSPS) is 24.0. The molecule has 4 rings (SSSR count). The molecule has 29 heavy (non-hydrogen) atoms. The number of aliphatic hydroxyl groups excluding tert-OH is 1. The van der Waals surface area contributed by atoms with Gasteiger partial charge < -0.3 is 15.3 Å². The van der Waals surface area contributed by atoms with E-state index in [9.17, 15) is 9.90 Å². The highest BCUT2D eigenvalue weighted by atomic mass is 35.5. The van der Waals surface area contributed by atoms with Gasteiger partial charge in [0.05, 0.1) is 22.5 Å². The van der Waals surface area contributed by atoms with Crippen molar-refractivity contribution in [1.29, 1.82) is 0 Å². The molecule has 2 aromatic carbocycles. The molecule has 7 heteroatoms. The van der Waals surface area contributed by atoms with Crippen LogP contribution in [0.3, 0.4) is 0 Å². The maximum atomic E-state index is 13.2. The lowest BCUT2D eigenvalue weighted by molar-refractivity contribution is -0.119. The highest BCUT2D eigenvalue weighted by Gasteiger charge is 2.33. The van der Waals surface area contributed by atoms with Crippen LogP contribution in [0, 0.1) is 5.92 Å². The van der Waals surface area contributed by atoms with Gasteiger partial charge in [0.1, 0.15) is 0 Å². The van der Waals surface area contributed by atoms with E-state index in [1.54, 1.807) is 18.0 Å². The van der Waals surface area contributed by atoms with E-state index in [0.717, 1.165) is 29.7 Å². The SMILES string of the molecule is CN1C(=O)C(NC(=S)C2CCC(O)C2)N=C(c2ccccc2)c2cc(Cl)ccc21. The summed E-state index contributed by atoms with van der Waals surface area (Å²) in [5.74, 6) is -0.131. The smallest absolute Gasteiger partial charge is 0.271 e. The number of hydrogen-bond donors (Lipinski definition) is 2. The summed E-state index contributed by atoms with van der Waals surface area (Å²) in [5.41, 5.74) is 3.13. The van der Waals surface area contributed by atoms with Crippen LogP contribution in [0.25, 0.3) is 0 Å². The van der Waals surface area contributed by atoms with E-state index in [1.807, 2.05) is 42.5 Å². The number of carbonyl (C=O) groups is 1. The molecule has 0 aromatic heterocycles. The summed E-state index contributed by atoms with van der Waals surface area (Å²) >= 11 is 11.8. The molecular weight excluding hydrogens is 406 g/mol. The van der Waals surface area contributed by atoms with Crippen molar-refractivity contribution in [3.63, 3.8) is 0 Å². The lowest BCUT2D eigenvalue weighted by Gasteiger charge is -2.23. The summed E-state index contributed by atoms with van der Waals surface area (Å²) in [6.07, 6.45) is 0.990. The number of nitrogens with one attached hydrogen (secondary N) is 1. The Bertz CT molecular complexity index is 979. The van der Waals surface area contributed by atoms with Crippen LogP contribution in [0.4, 0.5) is 5.69 Å². The van der Waals surface area contributed by atoms with Gasteiger partial charge in [-0.15, -0.1) is 0 Å². The lowest BCUT2D eigenvalue weighted by atomic mass is 10.0. The number of nitrogens with zero attached hydrogens (tertiary/aromatic N) is 2. The van der Waals surface area contributed by atoms with Crippen LogP contribution in [0.1, 0.15) is 30.4 Å². The number of amides is 1. The van der Waals surface area contributed by atoms with Gasteiger partial charge >= 0.3 is 0 Å². The molecule has 0 radical (unpaired) electrons. The molecule has 5 nitrogen and oxygen atoms in total. The minimum atomic E-state index is -0.841. The summed E-state index contributed by atoms with van der Waals surface area (Å²) in [6, 6.07) is 15.2. The fraction of sp³-hybridized carbons (Fsp3) is 0.318. The Kier molecular flexibility index (Phi) is 5.67. The average Bonchev–Trinajstić information content (AvgIpc) is 3.13. The third-order valence-corrected chi connectivity index (χ3v) is 6.19. The van der Waals surface area contributed by atoms with E-state index in [2.05, 4.69) is 5.32 Å². The number of benzene rings is 2. The number of likely N-dealkylation sites (N-methyl/N-ethyl adjacent to an activating group) is 1. The molecule has 0 bridgehead atoms. The largest absolute Gasteiger partial charge is 0.393 e. The molecule has 0 saturated heterocycles. The predicted octanol–water partition coefficient (Wildman–Crippen LogP) is 3.56. The molecule has 2 aromatic rings. The Hall–Kier alpha value is -2.28. The third kappa shape index (κ3) is 4.06. The van der Waals surface area contributed by atoms with Gasteiger partial charge in [-0.1, -0.05) is 54.2 Å². The summed E-state index contributed by atoms with van der Waals surface area (Å²) < 4.78 is 0. The summed E-state index contributed by atoms with van der Waals surface area (Å²) in [5, 5.41) is 13.6. The fourth-order valence-corrected chi connectivity index (χ4v) is 4.41. The Labute approximate surface area is 180 Å². The number of aliphatic hydroxyl groups is 1. The van der Waals surface area contributed by atoms with Crippen molar-refractivity contribution in [1.82, 2.24) is 5.32 Å². The molecule has 150 valence electrons. The monoisotopic (exact) mass is 427 g/mol. The molecule has 3 atom stereocenters. The molecule has 1 heterocycles. The summed E-state index contributed by atoms with van der Waals surface area (Å²) in [4.78, 5) is 20.2. The van der Waals surface area contributed by atoms with E-state index >= 15 is 0 Å². The maximum absolute atomic E-state index is 13.2. The van der Waals surface area contributed by atoms with Gasteiger partial charge in [0.2, 0.25) is 0 Å². The predicted molar refractivity (Wildman–Crippen MR) is 120 cm³/mol. The molecule has 1 saturated carbocycles. The van der Waals surface area contributed by atoms with Crippen molar-refractivity contribution in [2.24, 2.45) is 10.9 Å². The number of benzodiazepines with no additional fused rings is 1. The van der Waals surface area contributed by atoms with Crippen molar-refractivity contribution >= 4 is 46.1 Å². The minimum absolute atomic E-state index is 0.0635. The zero-order chi connectivity index (χ0) is 20.5. The fourth-order valence-electron chi connectivity index (χ4n) is 3.91. The van der Waals surface area contributed by atoms with Gasteiger partial charge in [-0.2, -0.15) is 0 Å². The lowest BCUT2D eigenvalue weighted by Crippen LogP contribution is -2.47. The van der Waals surface area contributed by atoms with Crippen molar-refractivity contribution in [3.05, 3.63) is 64.7 Å². The Morgan fingerprint density at radius 3 is 2.69 bits per heavy atom. The number of anilines is 1. The molecule has 1 aliphatic carbocycles. The van der Waals surface area contributed by atoms with Gasteiger partial charge in [0.15, 0.2) is 6.17 Å². The van der Waals surface area contributed by atoms with E-state index in [-0.39, 0.29) is 17.9 Å². The van der Waals surface area contributed by atoms with Crippen molar-refractivity contribution in [2.45, 2.75) is 31.5 Å². The first-order chi connectivity index (χ1) is 13.9. The van der Waals surface area contributed by atoms with Gasteiger partial charge in [0, 0.05) is 29.1 Å². The number of aliphatic imine (C=N–C) groups is 1. The molecule has 0 spiro atoms. The van der Waals surface area contributed by atoms with Crippen LogP contribution in [0.15, 0.2) is 53.5 Å². The summed E-state index contributed by atoms with van der Waals surface area (Å²) in [6.45, 7) is 0. The van der Waals surface area contributed by atoms with Crippen LogP contribution in [0.2, 0.25) is 5.02 Å². The number of halogens is 1. The zero-order valence-electron chi connectivity index (χ0n) is 16.0. The maximum Gasteiger partial charge on any atom is 0.271 e. The topological polar surface area (TPSA) is 64.9 Å². The number of thiocarbonyl (C=S) groups is 1. The molecular formula is C22H22ClN3O2S. The van der Waals surface area contributed by atoms with Crippen LogP contribution in [0.5, 0.6) is 0 Å². The Balaban J connectivity index is 1.75. The van der Waals surface area contributed by atoms with Crippen molar-refractivity contribution in [3.8, 4) is 0 Å². The number of rotatable bonds is 3. The number of carbonyl (C=O) groups excluding carboxylic acids is 1. The molecule has 1 amide bonds. The van der Waals surface area contributed by atoms with Gasteiger partial charge in [0.25, 0.3) is 5.91 Å². The second-order valence-electron chi connectivity index (χ2n) is 7.48. The van der Waals surface area contributed by atoms with E-state index < -0.39 is 6.17 Å². The molecule has 1 fully saturated rings. The Morgan fingerprint density at radius 2 is 2.00 bits per heavy atom. The van der Waals surface area contributed by atoms with Crippen LogP contribution in [-0.2, 0) is 4.79 Å². The molecule has 2 aliphatic rings. The summed E-state index contributed by atoms with van der Waals surface area (Å²) in [7, 11) is 1.73. The number of fused-ring (bicyclic) bond motifs is 1. The van der Waals surface area contributed by atoms with E-state index in [1.165, 1.54) is 0 Å².